The van der Waals surface area contributed by atoms with Gasteiger partial charge in [-0.1, -0.05) is 116 Å². The molecule has 4 aromatic carbocycles. The molecular formula is C34H46N2OS. The van der Waals surface area contributed by atoms with Crippen LogP contribution in [0.3, 0.4) is 0 Å². The molecule has 0 radical (unpaired) electrons. The Kier molecular flexibility index (Phi) is 15.4. The van der Waals surface area contributed by atoms with E-state index >= 15 is 0 Å². The van der Waals surface area contributed by atoms with E-state index in [2.05, 4.69) is 84.6 Å². The number of para-hydroxylation sites is 6. The van der Waals surface area contributed by atoms with Crippen LogP contribution in [0.15, 0.2) is 107 Å². The first-order chi connectivity index (χ1) is 18.7. The average molecular weight is 531 g/mol. The first kappa shape index (κ1) is 32.7. The van der Waals surface area contributed by atoms with Crippen molar-refractivity contribution in [1.29, 1.82) is 0 Å². The summed E-state index contributed by atoms with van der Waals surface area (Å²) >= 11 is 1.84. The summed E-state index contributed by atoms with van der Waals surface area (Å²) < 4.78 is 5.81. The zero-order chi connectivity index (χ0) is 28.5. The number of fused-ring (bicyclic) bond motifs is 4. The van der Waals surface area contributed by atoms with Crippen molar-refractivity contribution in [3.8, 4) is 11.5 Å². The lowest BCUT2D eigenvalue weighted by atomic mass is 10.2. The molecule has 0 bridgehead atoms. The molecule has 2 heterocycles. The molecule has 204 valence electrons. The minimum absolute atomic E-state index is 0.915. The van der Waals surface area contributed by atoms with Crippen LogP contribution in [0.4, 0.5) is 22.7 Å². The molecule has 0 spiro atoms. The highest BCUT2D eigenvalue weighted by Crippen LogP contribution is 2.47. The second-order valence-electron chi connectivity index (χ2n) is 7.19. The van der Waals surface area contributed by atoms with E-state index in [1.807, 2.05) is 104 Å². The van der Waals surface area contributed by atoms with Crippen LogP contribution >= 0.6 is 11.8 Å². The number of hydrogen-bond acceptors (Lipinski definition) is 4. The normalized spacial score (nSPS) is 10.9. The van der Waals surface area contributed by atoms with E-state index in [9.17, 15) is 0 Å². The third kappa shape index (κ3) is 7.82. The van der Waals surface area contributed by atoms with Crippen molar-refractivity contribution in [2.75, 3.05) is 23.9 Å². The van der Waals surface area contributed by atoms with Gasteiger partial charge in [0.15, 0.2) is 11.5 Å². The predicted octanol–water partition coefficient (Wildman–Crippen LogP) is 11.6. The van der Waals surface area contributed by atoms with Crippen LogP contribution in [0.25, 0.3) is 0 Å². The summed E-state index contributed by atoms with van der Waals surface area (Å²) in [5, 5.41) is 0. The molecule has 2 aliphatic heterocycles. The molecule has 0 N–H and O–H groups in total. The fraction of sp³-hybridized carbons (Fsp3) is 0.294. The SMILES string of the molecule is CC.CC.CC.CC.CN1c2ccccc2Oc2ccccc21.CN1c2ccccc2Sc2ccccc21. The highest BCUT2D eigenvalue weighted by molar-refractivity contribution is 7.99. The van der Waals surface area contributed by atoms with Gasteiger partial charge in [-0.2, -0.15) is 0 Å². The number of rotatable bonds is 0. The van der Waals surface area contributed by atoms with Gasteiger partial charge in [-0.3, -0.25) is 0 Å². The molecule has 6 rings (SSSR count). The zero-order valence-corrected chi connectivity index (χ0v) is 25.8. The summed E-state index contributed by atoms with van der Waals surface area (Å²) in [5.41, 5.74) is 4.80. The largest absolute Gasteiger partial charge is 0.453 e. The molecule has 4 aromatic rings. The molecule has 0 saturated carbocycles. The molecule has 0 amide bonds. The Bertz CT molecular complexity index is 1020. The lowest BCUT2D eigenvalue weighted by Crippen LogP contribution is -2.15. The van der Waals surface area contributed by atoms with Crippen molar-refractivity contribution >= 4 is 34.5 Å². The summed E-state index contributed by atoms with van der Waals surface area (Å²) in [6, 6.07) is 33.1. The summed E-state index contributed by atoms with van der Waals surface area (Å²) in [5.74, 6) is 1.83. The Morgan fingerprint density at radius 3 is 1.11 bits per heavy atom. The van der Waals surface area contributed by atoms with Crippen molar-refractivity contribution in [2.45, 2.75) is 65.2 Å². The Morgan fingerprint density at radius 1 is 0.421 bits per heavy atom. The molecule has 0 saturated heterocycles. The summed E-state index contributed by atoms with van der Waals surface area (Å²) in [6.45, 7) is 16.0. The molecule has 3 nitrogen and oxygen atoms in total. The third-order valence-electron chi connectivity index (χ3n) is 5.35. The van der Waals surface area contributed by atoms with Crippen LogP contribution in [-0.4, -0.2) is 14.1 Å². The maximum Gasteiger partial charge on any atom is 0.151 e. The van der Waals surface area contributed by atoms with E-state index < -0.39 is 0 Å². The van der Waals surface area contributed by atoms with Crippen LogP contribution in [-0.2, 0) is 0 Å². The van der Waals surface area contributed by atoms with E-state index in [1.54, 1.807) is 0 Å². The Hall–Kier alpha value is -3.37. The lowest BCUT2D eigenvalue weighted by molar-refractivity contribution is 0.475. The van der Waals surface area contributed by atoms with Crippen molar-refractivity contribution in [3.63, 3.8) is 0 Å². The summed E-state index contributed by atoms with van der Waals surface area (Å²) in [4.78, 5) is 7.06. The number of ether oxygens (including phenoxy) is 1. The predicted molar refractivity (Wildman–Crippen MR) is 171 cm³/mol. The van der Waals surface area contributed by atoms with Gasteiger partial charge in [0.1, 0.15) is 0 Å². The molecular weight excluding hydrogens is 484 g/mol. The first-order valence-electron chi connectivity index (χ1n) is 13.9. The fourth-order valence-electron chi connectivity index (χ4n) is 3.78. The van der Waals surface area contributed by atoms with Crippen molar-refractivity contribution in [3.05, 3.63) is 97.1 Å². The average Bonchev–Trinajstić information content (AvgIpc) is 3.02. The first-order valence-corrected chi connectivity index (χ1v) is 14.7. The number of anilines is 4. The van der Waals surface area contributed by atoms with E-state index in [0.29, 0.717) is 0 Å². The van der Waals surface area contributed by atoms with Crippen molar-refractivity contribution in [2.24, 2.45) is 0 Å². The molecule has 0 fully saturated rings. The maximum absolute atomic E-state index is 5.81. The van der Waals surface area contributed by atoms with Gasteiger partial charge in [-0.05, 0) is 48.5 Å². The van der Waals surface area contributed by atoms with Gasteiger partial charge in [-0.15, -0.1) is 0 Å². The Morgan fingerprint density at radius 2 is 0.711 bits per heavy atom. The highest BCUT2D eigenvalue weighted by Gasteiger charge is 2.20. The second-order valence-corrected chi connectivity index (χ2v) is 8.28. The molecule has 0 unspecified atom stereocenters. The van der Waals surface area contributed by atoms with Crippen LogP contribution in [0, 0.1) is 0 Å². The van der Waals surface area contributed by atoms with Gasteiger partial charge in [0.25, 0.3) is 0 Å². The van der Waals surface area contributed by atoms with Gasteiger partial charge in [0.05, 0.1) is 22.7 Å². The number of benzene rings is 4. The van der Waals surface area contributed by atoms with E-state index in [0.717, 1.165) is 22.9 Å². The van der Waals surface area contributed by atoms with Crippen LogP contribution in [0.1, 0.15) is 55.4 Å². The molecule has 0 atom stereocenters. The standard InChI is InChI=1S/C13H11NO.C13H11NS.4C2H6/c2*1-14-10-6-2-4-8-12(10)15-13-9-5-3-7-11(13)14;4*1-2/h2*2-9H,1H3;4*1-2H3. The fourth-order valence-corrected chi connectivity index (χ4v) is 4.93. The molecule has 38 heavy (non-hydrogen) atoms. The van der Waals surface area contributed by atoms with E-state index in [1.165, 1.54) is 21.2 Å². The topological polar surface area (TPSA) is 15.7 Å². The highest BCUT2D eigenvalue weighted by atomic mass is 32.2. The van der Waals surface area contributed by atoms with Gasteiger partial charge in [-0.25, -0.2) is 0 Å². The van der Waals surface area contributed by atoms with Crippen molar-refractivity contribution in [1.82, 2.24) is 0 Å². The quantitative estimate of drug-likeness (QED) is 0.224. The second kappa shape index (κ2) is 18.0. The monoisotopic (exact) mass is 530 g/mol. The van der Waals surface area contributed by atoms with Crippen LogP contribution in [0.2, 0.25) is 0 Å². The van der Waals surface area contributed by atoms with Gasteiger partial charge >= 0.3 is 0 Å². The number of nitrogens with zero attached hydrogens (tertiary/aromatic N) is 2. The smallest absolute Gasteiger partial charge is 0.151 e. The van der Waals surface area contributed by atoms with Gasteiger partial charge in [0, 0.05) is 23.9 Å². The molecule has 0 aliphatic carbocycles. The molecule has 2 aliphatic rings. The Labute approximate surface area is 236 Å². The summed E-state index contributed by atoms with van der Waals surface area (Å²) in [6.07, 6.45) is 0. The number of hydrogen-bond donors (Lipinski definition) is 0. The van der Waals surface area contributed by atoms with Crippen LogP contribution in [0.5, 0.6) is 11.5 Å². The van der Waals surface area contributed by atoms with Crippen molar-refractivity contribution < 1.29 is 4.74 Å². The van der Waals surface area contributed by atoms with Crippen LogP contribution < -0.4 is 14.5 Å². The minimum Gasteiger partial charge on any atom is -0.453 e. The minimum atomic E-state index is 0.915. The lowest BCUT2D eigenvalue weighted by Gasteiger charge is -2.29. The third-order valence-corrected chi connectivity index (χ3v) is 6.48. The van der Waals surface area contributed by atoms with Gasteiger partial charge < -0.3 is 14.5 Å². The van der Waals surface area contributed by atoms with E-state index in [4.69, 9.17) is 4.74 Å². The molecule has 4 heteroatoms. The maximum atomic E-state index is 5.81. The Balaban J connectivity index is 0.000000302. The van der Waals surface area contributed by atoms with Gasteiger partial charge in [0.2, 0.25) is 0 Å². The molecule has 0 aromatic heterocycles. The zero-order valence-electron chi connectivity index (χ0n) is 24.9. The van der Waals surface area contributed by atoms with E-state index in [-0.39, 0.29) is 0 Å². The summed E-state index contributed by atoms with van der Waals surface area (Å²) in [7, 11) is 4.18.